The van der Waals surface area contributed by atoms with E-state index < -0.39 is 0 Å². The normalized spacial score (nSPS) is 17.0. The van der Waals surface area contributed by atoms with Crippen molar-refractivity contribution in [3.05, 3.63) is 52.4 Å². The predicted octanol–water partition coefficient (Wildman–Crippen LogP) is 4.72. The Bertz CT molecular complexity index is 1380. The van der Waals surface area contributed by atoms with Gasteiger partial charge < -0.3 is 14.6 Å². The second-order valence-corrected chi connectivity index (χ2v) is 10.4. The fourth-order valence-electron chi connectivity index (χ4n) is 4.84. The minimum absolute atomic E-state index is 0.0843. The lowest BCUT2D eigenvalue weighted by atomic mass is 10.1. The third-order valence-corrected chi connectivity index (χ3v) is 8.11. The molecule has 1 saturated carbocycles. The zero-order valence-corrected chi connectivity index (χ0v) is 20.5. The first-order valence-electron chi connectivity index (χ1n) is 12.0. The maximum atomic E-state index is 13.2. The van der Waals surface area contributed by atoms with E-state index in [-0.39, 0.29) is 5.91 Å². The molecular formula is C26H29N5O2S. The molecule has 2 fully saturated rings. The van der Waals surface area contributed by atoms with E-state index in [0.29, 0.717) is 10.8 Å². The van der Waals surface area contributed by atoms with Crippen LogP contribution in [0.4, 0.5) is 5.69 Å². The van der Waals surface area contributed by atoms with Gasteiger partial charge in [-0.2, -0.15) is 0 Å². The van der Waals surface area contributed by atoms with Crippen molar-refractivity contribution in [1.29, 1.82) is 0 Å². The van der Waals surface area contributed by atoms with Crippen molar-refractivity contribution in [2.24, 2.45) is 0 Å². The van der Waals surface area contributed by atoms with Crippen LogP contribution in [0, 0.1) is 13.8 Å². The van der Waals surface area contributed by atoms with Crippen molar-refractivity contribution in [1.82, 2.24) is 19.4 Å². The van der Waals surface area contributed by atoms with Crippen molar-refractivity contribution in [2.75, 3.05) is 38.2 Å². The van der Waals surface area contributed by atoms with Crippen LogP contribution in [0.1, 0.15) is 45.5 Å². The molecule has 2 aliphatic rings. The van der Waals surface area contributed by atoms with E-state index in [0.717, 1.165) is 77.8 Å². The number of nitrogens with one attached hydrogen (secondary N) is 1. The van der Waals surface area contributed by atoms with Crippen LogP contribution in [0.25, 0.3) is 21.1 Å². The number of aromatic nitrogens is 3. The Morgan fingerprint density at radius 2 is 1.97 bits per heavy atom. The third kappa shape index (κ3) is 4.10. The number of benzene rings is 1. The van der Waals surface area contributed by atoms with Crippen LogP contribution in [0.3, 0.4) is 0 Å². The van der Waals surface area contributed by atoms with Crippen LogP contribution < -0.4 is 5.32 Å². The molecule has 8 heteroatoms. The molecule has 0 radical (unpaired) electrons. The van der Waals surface area contributed by atoms with Gasteiger partial charge >= 0.3 is 0 Å². The van der Waals surface area contributed by atoms with Gasteiger partial charge in [-0.1, -0.05) is 0 Å². The van der Waals surface area contributed by atoms with Crippen LogP contribution in [-0.4, -0.2) is 58.2 Å². The summed E-state index contributed by atoms with van der Waals surface area (Å²) in [5, 5.41) is 5.26. The zero-order chi connectivity index (χ0) is 23.2. The van der Waals surface area contributed by atoms with E-state index >= 15 is 0 Å². The number of hydrogen-bond acceptors (Lipinski definition) is 6. The molecule has 4 heterocycles. The number of aryl methyl sites for hydroxylation is 2. The first kappa shape index (κ1) is 21.7. The molecule has 34 heavy (non-hydrogen) atoms. The van der Waals surface area contributed by atoms with Gasteiger partial charge in [0.25, 0.3) is 5.91 Å². The molecule has 1 N–H and O–H groups in total. The van der Waals surface area contributed by atoms with Crippen molar-refractivity contribution < 1.29 is 9.53 Å². The first-order chi connectivity index (χ1) is 16.6. The molecule has 0 spiro atoms. The summed E-state index contributed by atoms with van der Waals surface area (Å²) >= 11 is 1.47. The van der Waals surface area contributed by atoms with E-state index in [1.807, 2.05) is 19.9 Å². The van der Waals surface area contributed by atoms with Crippen molar-refractivity contribution in [3.8, 4) is 0 Å². The van der Waals surface area contributed by atoms with Crippen LogP contribution in [0.5, 0.6) is 0 Å². The van der Waals surface area contributed by atoms with Gasteiger partial charge in [0.05, 0.1) is 23.8 Å². The van der Waals surface area contributed by atoms with E-state index in [2.05, 4.69) is 39.2 Å². The Labute approximate surface area is 202 Å². The standard InChI is InChI=1S/C26H29N5O2S/c1-16-22-17(2)27-24(18-3-4-18)29-26(22)34-23(16)25(32)28-20-5-6-21-19(15-20)7-8-31(21)10-9-30-11-13-33-14-12-30/h5-8,15,18H,3-4,9-14H2,1-2H3,(H,28,32). The Morgan fingerprint density at radius 1 is 1.15 bits per heavy atom. The van der Waals surface area contributed by atoms with Gasteiger partial charge in [-0.3, -0.25) is 9.69 Å². The van der Waals surface area contributed by atoms with Crippen LogP contribution in [0.2, 0.25) is 0 Å². The molecule has 7 nitrogen and oxygen atoms in total. The second-order valence-electron chi connectivity index (χ2n) is 9.37. The van der Waals surface area contributed by atoms with E-state index in [4.69, 9.17) is 14.7 Å². The van der Waals surface area contributed by atoms with Gasteiger partial charge in [0.1, 0.15) is 10.7 Å². The summed E-state index contributed by atoms with van der Waals surface area (Å²) in [4.78, 5) is 26.8. The molecule has 0 atom stereocenters. The van der Waals surface area contributed by atoms with Crippen LogP contribution in [-0.2, 0) is 11.3 Å². The molecular weight excluding hydrogens is 446 g/mol. The van der Waals surface area contributed by atoms with Crippen LogP contribution >= 0.6 is 11.3 Å². The summed E-state index contributed by atoms with van der Waals surface area (Å²) < 4.78 is 7.73. The maximum Gasteiger partial charge on any atom is 0.266 e. The number of hydrogen-bond donors (Lipinski definition) is 1. The Balaban J connectivity index is 1.20. The van der Waals surface area contributed by atoms with Crippen LogP contribution in [0.15, 0.2) is 30.5 Å². The predicted molar refractivity (Wildman–Crippen MR) is 136 cm³/mol. The molecule has 176 valence electrons. The van der Waals surface area contributed by atoms with Crippen molar-refractivity contribution in [2.45, 2.75) is 39.2 Å². The lowest BCUT2D eigenvalue weighted by Gasteiger charge is -2.26. The number of ether oxygens (including phenoxy) is 1. The summed E-state index contributed by atoms with van der Waals surface area (Å²) in [6, 6.07) is 8.26. The number of amides is 1. The number of nitrogens with zero attached hydrogens (tertiary/aromatic N) is 4. The molecule has 1 saturated heterocycles. The monoisotopic (exact) mass is 475 g/mol. The highest BCUT2D eigenvalue weighted by atomic mass is 32.1. The van der Waals surface area contributed by atoms with Gasteiger partial charge in [0.2, 0.25) is 0 Å². The maximum absolute atomic E-state index is 13.2. The molecule has 4 aromatic rings. The average molecular weight is 476 g/mol. The number of fused-ring (bicyclic) bond motifs is 2. The fourth-order valence-corrected chi connectivity index (χ4v) is 5.97. The molecule has 3 aromatic heterocycles. The average Bonchev–Trinajstić information content (AvgIpc) is 3.53. The third-order valence-electron chi connectivity index (χ3n) is 6.93. The van der Waals surface area contributed by atoms with E-state index in [1.165, 1.54) is 29.7 Å². The van der Waals surface area contributed by atoms with E-state index in [9.17, 15) is 4.79 Å². The molecule has 6 rings (SSSR count). The highest BCUT2D eigenvalue weighted by Gasteiger charge is 2.28. The van der Waals surface area contributed by atoms with Crippen molar-refractivity contribution >= 4 is 44.1 Å². The molecule has 1 aliphatic carbocycles. The lowest BCUT2D eigenvalue weighted by Crippen LogP contribution is -2.38. The number of rotatable bonds is 6. The summed E-state index contributed by atoms with van der Waals surface area (Å²) in [6.07, 6.45) is 4.46. The topological polar surface area (TPSA) is 72.3 Å². The number of thiophene rings is 1. The number of anilines is 1. The Hall–Kier alpha value is -2.81. The largest absolute Gasteiger partial charge is 0.379 e. The lowest BCUT2D eigenvalue weighted by molar-refractivity contribution is 0.0365. The smallest absolute Gasteiger partial charge is 0.266 e. The van der Waals surface area contributed by atoms with Gasteiger partial charge in [-0.25, -0.2) is 9.97 Å². The second kappa shape index (κ2) is 8.76. The SMILES string of the molecule is Cc1nc(C2CC2)nc2sc(C(=O)Nc3ccc4c(ccn4CCN4CCOCC4)c3)c(C)c12. The quantitative estimate of drug-likeness (QED) is 0.437. The highest BCUT2D eigenvalue weighted by molar-refractivity contribution is 7.20. The summed E-state index contributed by atoms with van der Waals surface area (Å²) in [6.45, 7) is 9.62. The number of carbonyl (C=O) groups excluding carboxylic acids is 1. The Kier molecular flexibility index (Phi) is 5.59. The molecule has 0 unspecified atom stereocenters. The Morgan fingerprint density at radius 3 is 2.76 bits per heavy atom. The minimum Gasteiger partial charge on any atom is -0.379 e. The summed E-state index contributed by atoms with van der Waals surface area (Å²) in [5.74, 6) is 1.34. The van der Waals surface area contributed by atoms with Gasteiger partial charge in [-0.15, -0.1) is 11.3 Å². The number of carbonyl (C=O) groups is 1. The minimum atomic E-state index is -0.0843. The molecule has 1 aliphatic heterocycles. The zero-order valence-electron chi connectivity index (χ0n) is 19.6. The number of morpholine rings is 1. The first-order valence-corrected chi connectivity index (χ1v) is 12.9. The summed E-state index contributed by atoms with van der Waals surface area (Å²) in [5.41, 5.74) is 3.93. The van der Waals surface area contributed by atoms with Crippen molar-refractivity contribution in [3.63, 3.8) is 0 Å². The fraction of sp³-hybridized carbons (Fsp3) is 0.423. The van der Waals surface area contributed by atoms with Gasteiger partial charge in [0.15, 0.2) is 0 Å². The molecule has 0 bridgehead atoms. The van der Waals surface area contributed by atoms with Gasteiger partial charge in [-0.05, 0) is 56.5 Å². The highest BCUT2D eigenvalue weighted by Crippen LogP contribution is 2.40. The van der Waals surface area contributed by atoms with E-state index in [1.54, 1.807) is 0 Å². The summed E-state index contributed by atoms with van der Waals surface area (Å²) in [7, 11) is 0. The molecule has 1 aromatic carbocycles. The van der Waals surface area contributed by atoms with Gasteiger partial charge in [0, 0.05) is 60.3 Å². The molecule has 1 amide bonds.